The zero-order valence-electron chi connectivity index (χ0n) is 17.0. The van der Waals surface area contributed by atoms with E-state index in [1.807, 2.05) is 66.7 Å². The number of aromatic nitrogens is 1. The number of fused-ring (bicyclic) bond motifs is 1. The zero-order chi connectivity index (χ0) is 21.2. The van der Waals surface area contributed by atoms with Gasteiger partial charge in [-0.1, -0.05) is 48.5 Å². The van der Waals surface area contributed by atoms with Crippen LogP contribution in [0.25, 0.3) is 31.9 Å². The number of nitrogens with one attached hydrogen (secondary N) is 1. The minimum atomic E-state index is -0.122. The van der Waals surface area contributed by atoms with Crippen LogP contribution < -0.4 is 5.32 Å². The lowest BCUT2D eigenvalue weighted by Gasteiger charge is -2.07. The van der Waals surface area contributed by atoms with E-state index in [1.54, 1.807) is 11.3 Å². The number of aryl methyl sites for hydroxylation is 1. The lowest BCUT2D eigenvalue weighted by Crippen LogP contribution is -2.11. The van der Waals surface area contributed by atoms with Gasteiger partial charge in [-0.05, 0) is 72.1 Å². The second-order valence-electron chi connectivity index (χ2n) is 7.47. The third-order valence-corrected chi connectivity index (χ3v) is 6.26. The van der Waals surface area contributed by atoms with Crippen molar-refractivity contribution in [3.05, 3.63) is 108 Å². The highest BCUT2D eigenvalue weighted by Gasteiger charge is 2.09. The van der Waals surface area contributed by atoms with Gasteiger partial charge in [-0.3, -0.25) is 4.79 Å². The first-order valence-electron chi connectivity index (χ1n) is 10.1. The highest BCUT2D eigenvalue weighted by molar-refractivity contribution is 7.21. The van der Waals surface area contributed by atoms with Gasteiger partial charge < -0.3 is 5.32 Å². The van der Waals surface area contributed by atoms with E-state index in [0.29, 0.717) is 5.56 Å². The van der Waals surface area contributed by atoms with Crippen LogP contribution in [0.15, 0.2) is 97.1 Å². The molecule has 0 spiro atoms. The largest absolute Gasteiger partial charge is 0.322 e. The molecule has 0 saturated carbocycles. The van der Waals surface area contributed by atoms with Crippen LogP contribution in [0.1, 0.15) is 15.9 Å². The van der Waals surface area contributed by atoms with Gasteiger partial charge in [0.2, 0.25) is 0 Å². The van der Waals surface area contributed by atoms with Gasteiger partial charge in [0.05, 0.1) is 10.2 Å². The van der Waals surface area contributed by atoms with E-state index >= 15 is 0 Å². The standard InChI is InChI=1S/C27H20N2OS/c1-18-7-16-24-25(17-18)31-27(29-24)22-12-14-23(15-13-22)28-26(30)21-10-8-20(9-11-21)19-5-3-2-4-6-19/h2-17H,1H3,(H,28,30). The van der Waals surface area contributed by atoms with Crippen molar-refractivity contribution < 1.29 is 4.79 Å². The summed E-state index contributed by atoms with van der Waals surface area (Å²) in [6.07, 6.45) is 0. The third-order valence-electron chi connectivity index (χ3n) is 5.19. The number of carbonyl (C=O) groups is 1. The quantitative estimate of drug-likeness (QED) is 0.334. The summed E-state index contributed by atoms with van der Waals surface area (Å²) in [4.78, 5) is 17.4. The molecule has 0 atom stereocenters. The van der Waals surface area contributed by atoms with E-state index in [0.717, 1.165) is 32.9 Å². The maximum atomic E-state index is 12.6. The van der Waals surface area contributed by atoms with Gasteiger partial charge in [-0.2, -0.15) is 0 Å². The minimum Gasteiger partial charge on any atom is -0.322 e. The molecule has 4 aromatic carbocycles. The first-order valence-corrected chi connectivity index (χ1v) is 10.9. The van der Waals surface area contributed by atoms with Crippen molar-refractivity contribution in [1.29, 1.82) is 0 Å². The van der Waals surface area contributed by atoms with Crippen molar-refractivity contribution in [2.24, 2.45) is 0 Å². The molecular formula is C27H20N2OS. The number of benzene rings is 4. The Hall–Kier alpha value is -3.76. The van der Waals surface area contributed by atoms with Crippen LogP contribution in [0, 0.1) is 6.92 Å². The van der Waals surface area contributed by atoms with E-state index < -0.39 is 0 Å². The van der Waals surface area contributed by atoms with Crippen molar-refractivity contribution in [1.82, 2.24) is 4.98 Å². The summed E-state index contributed by atoms with van der Waals surface area (Å²) in [6, 6.07) is 31.9. The normalized spacial score (nSPS) is 10.9. The van der Waals surface area contributed by atoms with Crippen LogP contribution in [0.4, 0.5) is 5.69 Å². The molecule has 5 aromatic rings. The Morgan fingerprint density at radius 2 is 1.45 bits per heavy atom. The van der Waals surface area contributed by atoms with E-state index in [1.165, 1.54) is 10.3 Å². The Balaban J connectivity index is 1.30. The SMILES string of the molecule is Cc1ccc2nc(-c3ccc(NC(=O)c4ccc(-c5ccccc5)cc4)cc3)sc2c1. The smallest absolute Gasteiger partial charge is 0.255 e. The van der Waals surface area contributed by atoms with Crippen LogP contribution in [0.3, 0.4) is 0 Å². The Labute approximate surface area is 185 Å². The van der Waals surface area contributed by atoms with Gasteiger partial charge in [0, 0.05) is 16.8 Å². The molecular weight excluding hydrogens is 400 g/mol. The fourth-order valence-electron chi connectivity index (χ4n) is 3.50. The summed E-state index contributed by atoms with van der Waals surface area (Å²) in [5.41, 5.74) is 6.91. The predicted octanol–water partition coefficient (Wildman–Crippen LogP) is 7.19. The Morgan fingerprint density at radius 3 is 2.19 bits per heavy atom. The average molecular weight is 421 g/mol. The molecule has 0 fully saturated rings. The molecule has 0 aliphatic carbocycles. The van der Waals surface area contributed by atoms with E-state index in [2.05, 4.69) is 42.6 Å². The Bertz CT molecular complexity index is 1350. The predicted molar refractivity (Wildman–Crippen MR) is 130 cm³/mol. The Kier molecular flexibility index (Phi) is 5.06. The van der Waals surface area contributed by atoms with E-state index in [9.17, 15) is 4.79 Å². The zero-order valence-corrected chi connectivity index (χ0v) is 17.8. The lowest BCUT2D eigenvalue weighted by atomic mass is 10.0. The molecule has 1 amide bonds. The van der Waals surface area contributed by atoms with Crippen LogP contribution in [0.2, 0.25) is 0 Å². The highest BCUT2D eigenvalue weighted by Crippen LogP contribution is 2.31. The maximum Gasteiger partial charge on any atom is 0.255 e. The average Bonchev–Trinajstić information content (AvgIpc) is 3.23. The summed E-state index contributed by atoms with van der Waals surface area (Å²) >= 11 is 1.68. The molecule has 1 N–H and O–H groups in total. The molecule has 0 saturated heterocycles. The van der Waals surface area contributed by atoms with Crippen LogP contribution in [-0.2, 0) is 0 Å². The van der Waals surface area contributed by atoms with Gasteiger partial charge in [0.15, 0.2) is 0 Å². The fraction of sp³-hybridized carbons (Fsp3) is 0.0370. The van der Waals surface area contributed by atoms with Crippen molar-refractivity contribution in [2.75, 3.05) is 5.32 Å². The van der Waals surface area contributed by atoms with Gasteiger partial charge in [-0.25, -0.2) is 4.98 Å². The van der Waals surface area contributed by atoms with E-state index in [-0.39, 0.29) is 5.91 Å². The topological polar surface area (TPSA) is 42.0 Å². The number of amides is 1. The Morgan fingerprint density at radius 1 is 0.774 bits per heavy atom. The maximum absolute atomic E-state index is 12.6. The van der Waals surface area contributed by atoms with Crippen molar-refractivity contribution in [3.63, 3.8) is 0 Å². The second kappa shape index (κ2) is 8.17. The van der Waals surface area contributed by atoms with Gasteiger partial charge in [0.25, 0.3) is 5.91 Å². The molecule has 1 aromatic heterocycles. The molecule has 3 nitrogen and oxygen atoms in total. The number of nitrogens with zero attached hydrogens (tertiary/aromatic N) is 1. The molecule has 5 rings (SSSR count). The third kappa shape index (κ3) is 4.11. The van der Waals surface area contributed by atoms with Crippen molar-refractivity contribution >= 4 is 33.1 Å². The van der Waals surface area contributed by atoms with Gasteiger partial charge in [-0.15, -0.1) is 11.3 Å². The number of carbonyl (C=O) groups excluding carboxylic acids is 1. The van der Waals surface area contributed by atoms with Crippen LogP contribution >= 0.6 is 11.3 Å². The molecule has 4 heteroatoms. The summed E-state index contributed by atoms with van der Waals surface area (Å²) in [7, 11) is 0. The van der Waals surface area contributed by atoms with Gasteiger partial charge >= 0.3 is 0 Å². The van der Waals surface area contributed by atoms with Gasteiger partial charge in [0.1, 0.15) is 5.01 Å². The number of hydrogen-bond acceptors (Lipinski definition) is 3. The molecule has 0 aliphatic rings. The molecule has 0 unspecified atom stereocenters. The summed E-state index contributed by atoms with van der Waals surface area (Å²) in [6.45, 7) is 2.09. The van der Waals surface area contributed by atoms with Crippen molar-refractivity contribution in [3.8, 4) is 21.7 Å². The molecule has 1 heterocycles. The molecule has 0 bridgehead atoms. The highest BCUT2D eigenvalue weighted by atomic mass is 32.1. The van der Waals surface area contributed by atoms with Crippen LogP contribution in [-0.4, -0.2) is 10.9 Å². The molecule has 31 heavy (non-hydrogen) atoms. The first kappa shape index (κ1) is 19.2. The summed E-state index contributed by atoms with van der Waals surface area (Å²) in [5, 5.41) is 3.96. The van der Waals surface area contributed by atoms with Crippen LogP contribution in [0.5, 0.6) is 0 Å². The molecule has 0 aliphatic heterocycles. The lowest BCUT2D eigenvalue weighted by molar-refractivity contribution is 0.102. The monoisotopic (exact) mass is 420 g/mol. The first-order chi connectivity index (χ1) is 15.2. The van der Waals surface area contributed by atoms with E-state index in [4.69, 9.17) is 4.98 Å². The minimum absolute atomic E-state index is 0.122. The second-order valence-corrected chi connectivity index (χ2v) is 8.50. The number of thiazole rings is 1. The number of anilines is 1. The molecule has 150 valence electrons. The summed E-state index contributed by atoms with van der Waals surface area (Å²) in [5.74, 6) is -0.122. The van der Waals surface area contributed by atoms with Crippen molar-refractivity contribution in [2.45, 2.75) is 6.92 Å². The number of rotatable bonds is 4. The summed E-state index contributed by atoms with van der Waals surface area (Å²) < 4.78 is 1.19. The fourth-order valence-corrected chi connectivity index (χ4v) is 4.57. The molecule has 0 radical (unpaired) electrons. The number of hydrogen-bond donors (Lipinski definition) is 1.